The highest BCUT2D eigenvalue weighted by Crippen LogP contribution is 2.23. The molecule has 0 bridgehead atoms. The molecule has 0 aliphatic carbocycles. The van der Waals surface area contributed by atoms with Gasteiger partial charge in [-0.15, -0.1) is 10.2 Å². The van der Waals surface area contributed by atoms with E-state index >= 15 is 0 Å². The Labute approximate surface area is 92.1 Å². The second kappa shape index (κ2) is 4.70. The summed E-state index contributed by atoms with van der Waals surface area (Å²) in [7, 11) is 1.55. The SMILES string of the molecule is Cc1c(Cl)nnc(N(C)CC(F)F)c1C. The van der Waals surface area contributed by atoms with Gasteiger partial charge in [-0.2, -0.15) is 0 Å². The Morgan fingerprint density at radius 2 is 1.87 bits per heavy atom. The monoisotopic (exact) mass is 235 g/mol. The molecular formula is C9H12ClF2N3. The minimum atomic E-state index is -2.40. The first-order valence-corrected chi connectivity index (χ1v) is 4.80. The quantitative estimate of drug-likeness (QED) is 0.806. The highest BCUT2D eigenvalue weighted by atomic mass is 35.5. The highest BCUT2D eigenvalue weighted by Gasteiger charge is 2.15. The third-order valence-corrected chi connectivity index (χ3v) is 2.57. The van der Waals surface area contributed by atoms with Gasteiger partial charge < -0.3 is 4.90 Å². The molecule has 0 unspecified atom stereocenters. The third kappa shape index (κ3) is 2.75. The number of halogens is 3. The van der Waals surface area contributed by atoms with Crippen LogP contribution in [0.5, 0.6) is 0 Å². The predicted molar refractivity (Wildman–Crippen MR) is 55.8 cm³/mol. The zero-order valence-corrected chi connectivity index (χ0v) is 9.52. The van der Waals surface area contributed by atoms with Crippen LogP contribution in [0.1, 0.15) is 11.1 Å². The van der Waals surface area contributed by atoms with Crippen LogP contribution in [0.4, 0.5) is 14.6 Å². The Bertz CT molecular complexity index is 357. The molecule has 0 N–H and O–H groups in total. The minimum Gasteiger partial charge on any atom is -0.352 e. The van der Waals surface area contributed by atoms with Gasteiger partial charge in [0.05, 0.1) is 6.54 Å². The van der Waals surface area contributed by atoms with Crippen molar-refractivity contribution in [2.45, 2.75) is 20.3 Å². The number of rotatable bonds is 3. The summed E-state index contributed by atoms with van der Waals surface area (Å²) in [5.41, 5.74) is 1.54. The van der Waals surface area contributed by atoms with E-state index in [1.807, 2.05) is 0 Å². The van der Waals surface area contributed by atoms with Crippen molar-refractivity contribution in [3.63, 3.8) is 0 Å². The van der Waals surface area contributed by atoms with Crippen molar-refractivity contribution in [2.75, 3.05) is 18.5 Å². The fourth-order valence-corrected chi connectivity index (χ4v) is 1.40. The maximum absolute atomic E-state index is 12.2. The summed E-state index contributed by atoms with van der Waals surface area (Å²) in [4.78, 5) is 1.37. The topological polar surface area (TPSA) is 29.0 Å². The lowest BCUT2D eigenvalue weighted by Gasteiger charge is -2.19. The Hall–Kier alpha value is -0.970. The molecular weight excluding hydrogens is 224 g/mol. The molecule has 0 saturated carbocycles. The van der Waals surface area contributed by atoms with E-state index in [4.69, 9.17) is 11.6 Å². The largest absolute Gasteiger partial charge is 0.352 e. The van der Waals surface area contributed by atoms with Gasteiger partial charge in [0.25, 0.3) is 6.43 Å². The molecule has 1 aromatic heterocycles. The van der Waals surface area contributed by atoms with E-state index in [2.05, 4.69) is 10.2 Å². The molecule has 0 fully saturated rings. The van der Waals surface area contributed by atoms with E-state index in [1.54, 1.807) is 20.9 Å². The number of aromatic nitrogens is 2. The van der Waals surface area contributed by atoms with Gasteiger partial charge >= 0.3 is 0 Å². The maximum Gasteiger partial charge on any atom is 0.255 e. The average molecular weight is 236 g/mol. The molecule has 0 saturated heterocycles. The molecule has 0 radical (unpaired) electrons. The van der Waals surface area contributed by atoms with Crippen LogP contribution in [-0.2, 0) is 0 Å². The summed E-state index contributed by atoms with van der Waals surface area (Å²) in [6.07, 6.45) is -2.40. The first-order valence-electron chi connectivity index (χ1n) is 4.42. The molecule has 1 rings (SSSR count). The Morgan fingerprint density at radius 1 is 1.27 bits per heavy atom. The molecule has 1 aromatic rings. The van der Waals surface area contributed by atoms with E-state index in [9.17, 15) is 8.78 Å². The van der Waals surface area contributed by atoms with Crippen molar-refractivity contribution in [3.05, 3.63) is 16.3 Å². The first-order chi connectivity index (χ1) is 6.93. The molecule has 3 nitrogen and oxygen atoms in total. The molecule has 0 aliphatic heterocycles. The van der Waals surface area contributed by atoms with Gasteiger partial charge in [-0.3, -0.25) is 0 Å². The van der Waals surface area contributed by atoms with Crippen molar-refractivity contribution in [3.8, 4) is 0 Å². The summed E-state index contributed by atoms with van der Waals surface area (Å²) in [6.45, 7) is 3.20. The lowest BCUT2D eigenvalue weighted by Crippen LogP contribution is -2.26. The predicted octanol–water partition coefficient (Wildman–Crippen LogP) is 2.45. The fraction of sp³-hybridized carbons (Fsp3) is 0.556. The Balaban J connectivity index is 3.00. The van der Waals surface area contributed by atoms with Crippen LogP contribution in [0.2, 0.25) is 5.15 Å². The van der Waals surface area contributed by atoms with Crippen molar-refractivity contribution in [2.24, 2.45) is 0 Å². The van der Waals surface area contributed by atoms with Crippen molar-refractivity contribution in [1.29, 1.82) is 0 Å². The second-order valence-corrected chi connectivity index (χ2v) is 3.69. The zero-order chi connectivity index (χ0) is 11.6. The molecule has 1 heterocycles. The molecule has 0 atom stereocenters. The van der Waals surface area contributed by atoms with Crippen LogP contribution in [-0.4, -0.2) is 30.2 Å². The molecule has 0 aliphatic rings. The summed E-state index contributed by atoms with van der Waals surface area (Å²) in [6, 6.07) is 0. The Kier molecular flexibility index (Phi) is 3.79. The van der Waals surface area contributed by atoms with Crippen LogP contribution in [0.15, 0.2) is 0 Å². The first kappa shape index (κ1) is 12.1. The standard InChI is InChI=1S/C9H12ClF2N3/c1-5-6(2)9(14-13-8(5)10)15(3)4-7(11)12/h7H,4H2,1-3H3. The number of nitrogens with zero attached hydrogens (tertiary/aromatic N) is 3. The van der Waals surface area contributed by atoms with E-state index in [0.717, 1.165) is 11.1 Å². The lowest BCUT2D eigenvalue weighted by atomic mass is 10.2. The smallest absolute Gasteiger partial charge is 0.255 e. The van der Waals surface area contributed by atoms with Crippen molar-refractivity contribution >= 4 is 17.4 Å². The Morgan fingerprint density at radius 3 is 2.40 bits per heavy atom. The second-order valence-electron chi connectivity index (χ2n) is 3.34. The number of hydrogen-bond donors (Lipinski definition) is 0. The van der Waals surface area contributed by atoms with Crippen LogP contribution < -0.4 is 4.90 Å². The van der Waals surface area contributed by atoms with Crippen LogP contribution >= 0.6 is 11.6 Å². The van der Waals surface area contributed by atoms with Gasteiger partial charge in [-0.25, -0.2) is 8.78 Å². The molecule has 84 valence electrons. The molecule has 15 heavy (non-hydrogen) atoms. The molecule has 0 spiro atoms. The van der Waals surface area contributed by atoms with E-state index < -0.39 is 6.43 Å². The van der Waals surface area contributed by atoms with Crippen LogP contribution in [0.25, 0.3) is 0 Å². The average Bonchev–Trinajstić information content (AvgIpc) is 2.13. The van der Waals surface area contributed by atoms with E-state index in [0.29, 0.717) is 11.0 Å². The van der Waals surface area contributed by atoms with Crippen molar-refractivity contribution in [1.82, 2.24) is 10.2 Å². The zero-order valence-electron chi connectivity index (χ0n) is 8.76. The van der Waals surface area contributed by atoms with Gasteiger partial charge in [0.15, 0.2) is 11.0 Å². The minimum absolute atomic E-state index is 0.307. The normalized spacial score (nSPS) is 10.9. The van der Waals surface area contributed by atoms with Crippen molar-refractivity contribution < 1.29 is 8.78 Å². The summed E-state index contributed by atoms with van der Waals surface area (Å²) >= 11 is 5.76. The van der Waals surface area contributed by atoms with E-state index in [1.165, 1.54) is 4.90 Å². The lowest BCUT2D eigenvalue weighted by molar-refractivity contribution is 0.156. The van der Waals surface area contributed by atoms with E-state index in [-0.39, 0.29) is 6.54 Å². The number of anilines is 1. The van der Waals surface area contributed by atoms with Gasteiger partial charge in [-0.1, -0.05) is 11.6 Å². The fourth-order valence-electron chi connectivity index (χ4n) is 1.22. The molecule has 0 amide bonds. The summed E-state index contributed by atoms with van der Waals surface area (Å²) < 4.78 is 24.3. The van der Waals surface area contributed by atoms with Gasteiger partial charge in [0.2, 0.25) is 0 Å². The number of hydrogen-bond acceptors (Lipinski definition) is 3. The highest BCUT2D eigenvalue weighted by molar-refractivity contribution is 6.30. The third-order valence-electron chi connectivity index (χ3n) is 2.21. The van der Waals surface area contributed by atoms with Gasteiger partial charge in [0, 0.05) is 7.05 Å². The van der Waals surface area contributed by atoms with Gasteiger partial charge in [0.1, 0.15) is 0 Å². The van der Waals surface area contributed by atoms with Crippen LogP contribution in [0, 0.1) is 13.8 Å². The summed E-state index contributed by atoms with van der Waals surface area (Å²) in [5, 5.41) is 7.81. The molecule has 0 aromatic carbocycles. The molecule has 6 heteroatoms. The number of alkyl halides is 2. The van der Waals surface area contributed by atoms with Gasteiger partial charge in [-0.05, 0) is 25.0 Å². The summed E-state index contributed by atoms with van der Waals surface area (Å²) in [5.74, 6) is 0.442. The maximum atomic E-state index is 12.2. The van der Waals surface area contributed by atoms with Crippen LogP contribution in [0.3, 0.4) is 0 Å².